The van der Waals surface area contributed by atoms with Crippen molar-refractivity contribution in [3.8, 4) is 5.75 Å². The Kier molecular flexibility index (Phi) is 10.8. The fourth-order valence-electron chi connectivity index (χ4n) is 3.87. The van der Waals surface area contributed by atoms with Crippen molar-refractivity contribution in [2.75, 3.05) is 24.2 Å². The van der Waals surface area contributed by atoms with E-state index in [2.05, 4.69) is 5.32 Å². The molecule has 0 heterocycles. The van der Waals surface area contributed by atoms with E-state index in [0.29, 0.717) is 12.2 Å². The monoisotopic (exact) mass is 539 g/mol. The molecule has 0 radical (unpaired) electrons. The van der Waals surface area contributed by atoms with Crippen molar-refractivity contribution in [1.82, 2.24) is 10.2 Å². The Bertz CT molecular complexity index is 1170. The topological polar surface area (TPSA) is 96.0 Å². The van der Waals surface area contributed by atoms with Gasteiger partial charge in [-0.15, -0.1) is 0 Å². The van der Waals surface area contributed by atoms with Crippen LogP contribution < -0.4 is 14.4 Å². The molecule has 0 aromatic heterocycles. The molecular weight excluding hydrogens is 504 g/mol. The summed E-state index contributed by atoms with van der Waals surface area (Å²) in [6.45, 7) is 5.52. The van der Waals surface area contributed by atoms with Gasteiger partial charge in [-0.05, 0) is 56.5 Å². The number of amides is 2. The minimum atomic E-state index is -3.83. The van der Waals surface area contributed by atoms with Gasteiger partial charge in [-0.2, -0.15) is 0 Å². The Hall–Kier alpha value is -3.21. The summed E-state index contributed by atoms with van der Waals surface area (Å²) < 4.78 is 57.8. The van der Waals surface area contributed by atoms with E-state index in [1.165, 1.54) is 11.0 Å². The van der Waals surface area contributed by atoms with Gasteiger partial charge in [-0.3, -0.25) is 13.9 Å². The standard InChI is InChI=1S/C26H35F2N3O5S/c1-6-24(26(33)29-18(2)3)30(17-19-9-12-21(36-4)13-10-19)25(32)8-7-15-31(37(5,34)35)20-11-14-22(27)23(28)16-20/h9-14,16,18,24H,6-8,15,17H2,1-5H3,(H,29,33)/t24-/m1/s1. The van der Waals surface area contributed by atoms with Crippen LogP contribution >= 0.6 is 0 Å². The van der Waals surface area contributed by atoms with Crippen LogP contribution in [0.2, 0.25) is 0 Å². The minimum absolute atomic E-state index is 0.0355. The highest BCUT2D eigenvalue weighted by Gasteiger charge is 2.29. The number of nitrogens with zero attached hydrogens (tertiary/aromatic N) is 2. The molecule has 37 heavy (non-hydrogen) atoms. The molecule has 0 saturated carbocycles. The van der Waals surface area contributed by atoms with E-state index in [1.54, 1.807) is 31.4 Å². The molecule has 2 rings (SSSR count). The van der Waals surface area contributed by atoms with Gasteiger partial charge in [-0.1, -0.05) is 19.1 Å². The molecule has 2 aromatic rings. The number of sulfonamides is 1. The number of carbonyl (C=O) groups is 2. The fourth-order valence-corrected chi connectivity index (χ4v) is 4.83. The summed E-state index contributed by atoms with van der Waals surface area (Å²) in [5.74, 6) is -2.22. The maximum absolute atomic E-state index is 13.7. The Morgan fingerprint density at radius 2 is 1.70 bits per heavy atom. The van der Waals surface area contributed by atoms with Gasteiger partial charge in [0.15, 0.2) is 11.6 Å². The molecule has 2 aromatic carbocycles. The van der Waals surface area contributed by atoms with Crippen LogP contribution in [0.1, 0.15) is 45.6 Å². The van der Waals surface area contributed by atoms with Gasteiger partial charge in [0.1, 0.15) is 11.8 Å². The molecule has 0 saturated heterocycles. The lowest BCUT2D eigenvalue weighted by molar-refractivity contribution is -0.141. The van der Waals surface area contributed by atoms with Crippen molar-refractivity contribution in [3.05, 3.63) is 59.7 Å². The second kappa shape index (κ2) is 13.4. The van der Waals surface area contributed by atoms with Crippen molar-refractivity contribution < 1.29 is 31.5 Å². The largest absolute Gasteiger partial charge is 0.497 e. The van der Waals surface area contributed by atoms with Crippen LogP contribution in [0.15, 0.2) is 42.5 Å². The molecule has 204 valence electrons. The molecule has 0 aliphatic carbocycles. The normalized spacial score (nSPS) is 12.2. The number of hydrogen-bond donors (Lipinski definition) is 1. The van der Waals surface area contributed by atoms with Crippen molar-refractivity contribution in [1.29, 1.82) is 0 Å². The first-order chi connectivity index (χ1) is 17.4. The molecule has 11 heteroatoms. The number of benzene rings is 2. The summed E-state index contributed by atoms with van der Waals surface area (Å²) in [5, 5.41) is 2.85. The highest BCUT2D eigenvalue weighted by Crippen LogP contribution is 2.22. The zero-order valence-electron chi connectivity index (χ0n) is 21.8. The fraction of sp³-hybridized carbons (Fsp3) is 0.462. The number of anilines is 1. The first-order valence-corrected chi connectivity index (χ1v) is 13.9. The van der Waals surface area contributed by atoms with E-state index in [-0.39, 0.29) is 49.5 Å². The quantitative estimate of drug-likeness (QED) is 0.417. The second-order valence-corrected chi connectivity index (χ2v) is 10.9. The van der Waals surface area contributed by atoms with E-state index in [0.717, 1.165) is 28.3 Å². The lowest BCUT2D eigenvalue weighted by atomic mass is 10.1. The molecule has 0 fully saturated rings. The summed E-state index contributed by atoms with van der Waals surface area (Å²) >= 11 is 0. The second-order valence-electron chi connectivity index (χ2n) is 8.99. The molecule has 8 nitrogen and oxygen atoms in total. The molecule has 2 amide bonds. The summed E-state index contributed by atoms with van der Waals surface area (Å²) in [4.78, 5) is 27.8. The van der Waals surface area contributed by atoms with Crippen molar-refractivity contribution in [2.45, 2.75) is 58.7 Å². The third kappa shape index (κ3) is 8.70. The third-order valence-corrected chi connectivity index (χ3v) is 6.87. The zero-order chi connectivity index (χ0) is 27.8. The predicted molar refractivity (Wildman–Crippen MR) is 139 cm³/mol. The molecule has 0 spiro atoms. The van der Waals surface area contributed by atoms with Crippen LogP contribution in [0.4, 0.5) is 14.5 Å². The van der Waals surface area contributed by atoms with E-state index in [1.807, 2.05) is 20.8 Å². The van der Waals surface area contributed by atoms with Gasteiger partial charge in [0, 0.05) is 31.6 Å². The number of hydrogen-bond acceptors (Lipinski definition) is 5. The highest BCUT2D eigenvalue weighted by atomic mass is 32.2. The summed E-state index contributed by atoms with van der Waals surface area (Å²) in [6.07, 6.45) is 1.38. The van der Waals surface area contributed by atoms with Crippen LogP contribution in [0.3, 0.4) is 0 Å². The molecule has 0 aliphatic rings. The Morgan fingerprint density at radius 1 is 1.05 bits per heavy atom. The molecule has 0 bridgehead atoms. The smallest absolute Gasteiger partial charge is 0.243 e. The van der Waals surface area contributed by atoms with E-state index in [9.17, 15) is 26.8 Å². The zero-order valence-corrected chi connectivity index (χ0v) is 22.6. The van der Waals surface area contributed by atoms with E-state index < -0.39 is 27.7 Å². The van der Waals surface area contributed by atoms with Crippen LogP contribution in [-0.2, 0) is 26.2 Å². The van der Waals surface area contributed by atoms with Crippen molar-refractivity contribution >= 4 is 27.5 Å². The minimum Gasteiger partial charge on any atom is -0.497 e. The molecule has 1 N–H and O–H groups in total. The van der Waals surface area contributed by atoms with Gasteiger partial charge in [-0.25, -0.2) is 17.2 Å². The average Bonchev–Trinajstić information content (AvgIpc) is 2.82. The number of ether oxygens (including phenoxy) is 1. The number of nitrogens with one attached hydrogen (secondary N) is 1. The Balaban J connectivity index is 2.23. The van der Waals surface area contributed by atoms with Gasteiger partial charge in [0.2, 0.25) is 21.8 Å². The van der Waals surface area contributed by atoms with Crippen LogP contribution in [0.5, 0.6) is 5.75 Å². The first-order valence-electron chi connectivity index (χ1n) is 12.0. The summed E-state index contributed by atoms with van der Waals surface area (Å²) in [5.41, 5.74) is 0.760. The van der Waals surface area contributed by atoms with Gasteiger partial charge >= 0.3 is 0 Å². The van der Waals surface area contributed by atoms with Crippen LogP contribution in [-0.4, -0.2) is 57.1 Å². The van der Waals surface area contributed by atoms with Crippen LogP contribution in [0.25, 0.3) is 0 Å². The molecule has 0 aliphatic heterocycles. The Morgan fingerprint density at radius 3 is 2.22 bits per heavy atom. The average molecular weight is 540 g/mol. The lowest BCUT2D eigenvalue weighted by Crippen LogP contribution is -2.50. The highest BCUT2D eigenvalue weighted by molar-refractivity contribution is 7.92. The third-order valence-electron chi connectivity index (χ3n) is 5.67. The SMILES string of the molecule is CC[C@H](C(=O)NC(C)C)N(Cc1ccc(OC)cc1)C(=O)CCCN(c1ccc(F)c(F)c1)S(C)(=O)=O. The van der Waals surface area contributed by atoms with Gasteiger partial charge < -0.3 is 15.0 Å². The first kappa shape index (κ1) is 30.0. The number of halogens is 2. The number of methoxy groups -OCH3 is 1. The predicted octanol–water partition coefficient (Wildman–Crippen LogP) is 3.85. The van der Waals surface area contributed by atoms with Gasteiger partial charge in [0.05, 0.1) is 19.1 Å². The van der Waals surface area contributed by atoms with Crippen LogP contribution in [0, 0.1) is 11.6 Å². The molecule has 1 atom stereocenters. The maximum atomic E-state index is 13.7. The van der Waals surface area contributed by atoms with Crippen molar-refractivity contribution in [3.63, 3.8) is 0 Å². The maximum Gasteiger partial charge on any atom is 0.243 e. The number of rotatable bonds is 13. The summed E-state index contributed by atoms with van der Waals surface area (Å²) in [7, 11) is -2.28. The number of carbonyl (C=O) groups excluding carboxylic acids is 2. The van der Waals surface area contributed by atoms with E-state index >= 15 is 0 Å². The lowest BCUT2D eigenvalue weighted by Gasteiger charge is -2.31. The molecule has 0 unspecified atom stereocenters. The molecular formula is C26H35F2N3O5S. The summed E-state index contributed by atoms with van der Waals surface area (Å²) in [6, 6.07) is 9.12. The Labute approximate surface area is 217 Å². The van der Waals surface area contributed by atoms with Gasteiger partial charge in [0.25, 0.3) is 0 Å². The van der Waals surface area contributed by atoms with E-state index in [4.69, 9.17) is 4.74 Å². The van der Waals surface area contributed by atoms with Crippen molar-refractivity contribution in [2.24, 2.45) is 0 Å².